The topological polar surface area (TPSA) is 54.0 Å². The first-order chi connectivity index (χ1) is 15.5. The fourth-order valence-electron chi connectivity index (χ4n) is 4.63. The largest absolute Gasteiger partial charge is 0.422 e. The molecule has 0 unspecified atom stereocenters. The summed E-state index contributed by atoms with van der Waals surface area (Å²) in [5.41, 5.74) is 3.13. The van der Waals surface area contributed by atoms with Gasteiger partial charge in [-0.05, 0) is 68.6 Å². The molecule has 1 aromatic carbocycles. The summed E-state index contributed by atoms with van der Waals surface area (Å²) < 4.78 is 22.0. The Labute approximate surface area is 184 Å². The van der Waals surface area contributed by atoms with Gasteiger partial charge in [0.15, 0.2) is 11.5 Å². The Balaban J connectivity index is 1.38. The van der Waals surface area contributed by atoms with Gasteiger partial charge in [-0.2, -0.15) is 0 Å². The quantitative estimate of drug-likeness (QED) is 0.453. The van der Waals surface area contributed by atoms with Gasteiger partial charge < -0.3 is 18.6 Å². The number of benzene rings is 1. The van der Waals surface area contributed by atoms with Crippen molar-refractivity contribution in [2.45, 2.75) is 25.2 Å². The minimum Gasteiger partial charge on any atom is -0.422 e. The first kappa shape index (κ1) is 19.5. The number of imidazole rings is 1. The standard InChI is InChI=1S/C25H25FN4O2/c1-28-7-2-8-29(10-9-28)19-6-5-17-11-20(25(31)32-23(17)13-19)22-15-30-14-18(16-3-4-16)12-21(26)24(30)27-22/h5-6,11-16H,2-4,7-10H2,1H3. The fraction of sp³-hybridized carbons (Fsp3) is 0.360. The van der Waals surface area contributed by atoms with Crippen LogP contribution in [0.25, 0.3) is 27.9 Å². The summed E-state index contributed by atoms with van der Waals surface area (Å²) in [7, 11) is 2.14. The van der Waals surface area contributed by atoms with Crippen molar-refractivity contribution in [3.8, 4) is 11.3 Å². The summed E-state index contributed by atoms with van der Waals surface area (Å²) >= 11 is 0. The lowest BCUT2D eigenvalue weighted by Gasteiger charge is -2.22. The van der Waals surface area contributed by atoms with Crippen molar-refractivity contribution < 1.29 is 8.81 Å². The maximum absolute atomic E-state index is 14.6. The number of halogens is 1. The van der Waals surface area contributed by atoms with Crippen LogP contribution in [0.1, 0.15) is 30.7 Å². The molecule has 1 aliphatic heterocycles. The van der Waals surface area contributed by atoms with Gasteiger partial charge in [-0.3, -0.25) is 0 Å². The van der Waals surface area contributed by atoms with Crippen molar-refractivity contribution in [3.63, 3.8) is 0 Å². The highest BCUT2D eigenvalue weighted by atomic mass is 19.1. The first-order valence-electron chi connectivity index (χ1n) is 11.2. The minimum atomic E-state index is -0.462. The number of hydrogen-bond donors (Lipinski definition) is 0. The van der Waals surface area contributed by atoms with Gasteiger partial charge in [0.2, 0.25) is 0 Å². The molecule has 1 saturated carbocycles. The molecule has 2 fully saturated rings. The lowest BCUT2D eigenvalue weighted by molar-refractivity contribution is 0.360. The van der Waals surface area contributed by atoms with E-state index in [1.165, 1.54) is 0 Å². The van der Waals surface area contributed by atoms with E-state index in [9.17, 15) is 9.18 Å². The molecule has 0 amide bonds. The van der Waals surface area contributed by atoms with E-state index in [4.69, 9.17) is 4.42 Å². The van der Waals surface area contributed by atoms with Gasteiger partial charge in [0.25, 0.3) is 0 Å². The molecule has 4 heterocycles. The van der Waals surface area contributed by atoms with Crippen LogP contribution in [-0.4, -0.2) is 47.5 Å². The molecule has 4 aromatic rings. The highest BCUT2D eigenvalue weighted by molar-refractivity contribution is 5.84. The van der Waals surface area contributed by atoms with Gasteiger partial charge in [-0.1, -0.05) is 0 Å². The molecule has 0 N–H and O–H groups in total. The lowest BCUT2D eigenvalue weighted by atomic mass is 10.1. The van der Waals surface area contributed by atoms with Gasteiger partial charge >= 0.3 is 5.63 Å². The Kier molecular flexibility index (Phi) is 4.54. The third-order valence-corrected chi connectivity index (χ3v) is 6.66. The summed E-state index contributed by atoms with van der Waals surface area (Å²) in [6.45, 7) is 4.02. The number of hydrogen-bond acceptors (Lipinski definition) is 5. The number of aromatic nitrogens is 2. The highest BCUT2D eigenvalue weighted by Gasteiger charge is 2.25. The van der Waals surface area contributed by atoms with Gasteiger partial charge in [-0.15, -0.1) is 0 Å². The van der Waals surface area contributed by atoms with Crippen LogP contribution in [-0.2, 0) is 0 Å². The normalized spacial score (nSPS) is 17.9. The Bertz CT molecular complexity index is 1390. The maximum atomic E-state index is 14.6. The van der Waals surface area contributed by atoms with E-state index in [-0.39, 0.29) is 11.5 Å². The molecule has 6 nitrogen and oxygen atoms in total. The average Bonchev–Trinajstić information content (AvgIpc) is 3.57. The molecule has 0 bridgehead atoms. The SMILES string of the molecule is CN1CCCN(c2ccc3cc(-c4cn5cc(C6CC6)cc(F)c5n4)c(=O)oc3c2)CC1. The van der Waals surface area contributed by atoms with Crippen molar-refractivity contribution in [2.24, 2.45) is 0 Å². The minimum absolute atomic E-state index is 0.227. The van der Waals surface area contributed by atoms with Crippen molar-refractivity contribution in [1.29, 1.82) is 0 Å². The molecule has 2 aliphatic rings. The van der Waals surface area contributed by atoms with E-state index in [1.807, 2.05) is 18.3 Å². The number of fused-ring (bicyclic) bond motifs is 2. The summed E-state index contributed by atoms with van der Waals surface area (Å²) in [6.07, 6.45) is 6.92. The fourth-order valence-corrected chi connectivity index (χ4v) is 4.63. The number of pyridine rings is 1. The molecule has 7 heteroatoms. The van der Waals surface area contributed by atoms with E-state index in [2.05, 4.69) is 27.9 Å². The predicted octanol–water partition coefficient (Wildman–Crippen LogP) is 4.27. The molecule has 6 rings (SSSR count). The number of rotatable bonds is 3. The number of anilines is 1. The average molecular weight is 432 g/mol. The zero-order valence-corrected chi connectivity index (χ0v) is 18.1. The Morgan fingerprint density at radius 1 is 1.06 bits per heavy atom. The van der Waals surface area contributed by atoms with Crippen LogP contribution in [0.3, 0.4) is 0 Å². The van der Waals surface area contributed by atoms with Crippen LogP contribution in [0, 0.1) is 5.82 Å². The Morgan fingerprint density at radius 3 is 2.78 bits per heavy atom. The van der Waals surface area contributed by atoms with Crippen molar-refractivity contribution in [3.05, 3.63) is 64.5 Å². The number of likely N-dealkylation sites (N-methyl/N-ethyl adjacent to an activating group) is 1. The second-order valence-electron chi connectivity index (χ2n) is 9.07. The van der Waals surface area contributed by atoms with Crippen LogP contribution in [0.15, 0.2) is 51.9 Å². The summed E-state index contributed by atoms with van der Waals surface area (Å²) in [4.78, 5) is 21.9. The molecule has 164 valence electrons. The van der Waals surface area contributed by atoms with Crippen molar-refractivity contribution in [2.75, 3.05) is 38.1 Å². The molecular formula is C25H25FN4O2. The van der Waals surface area contributed by atoms with Gasteiger partial charge in [0.05, 0.1) is 11.3 Å². The second kappa shape index (κ2) is 7.45. The molecular weight excluding hydrogens is 407 g/mol. The monoisotopic (exact) mass is 432 g/mol. The Morgan fingerprint density at radius 2 is 1.94 bits per heavy atom. The maximum Gasteiger partial charge on any atom is 0.345 e. The summed E-state index contributed by atoms with van der Waals surface area (Å²) in [5.74, 6) is 0.0721. The van der Waals surface area contributed by atoms with E-state index in [1.54, 1.807) is 22.7 Å². The third-order valence-electron chi connectivity index (χ3n) is 6.66. The van der Waals surface area contributed by atoms with Crippen LogP contribution < -0.4 is 10.5 Å². The smallest absolute Gasteiger partial charge is 0.345 e. The molecule has 32 heavy (non-hydrogen) atoms. The summed E-state index contributed by atoms with van der Waals surface area (Å²) in [6, 6.07) is 9.35. The molecule has 0 spiro atoms. The van der Waals surface area contributed by atoms with E-state index < -0.39 is 5.63 Å². The molecule has 1 saturated heterocycles. The van der Waals surface area contributed by atoms with Crippen LogP contribution in [0.4, 0.5) is 10.1 Å². The van der Waals surface area contributed by atoms with Crippen molar-refractivity contribution in [1.82, 2.24) is 14.3 Å². The van der Waals surface area contributed by atoms with Crippen LogP contribution >= 0.6 is 0 Å². The van der Waals surface area contributed by atoms with Crippen LogP contribution in [0.5, 0.6) is 0 Å². The second-order valence-corrected chi connectivity index (χ2v) is 9.07. The number of nitrogens with zero attached hydrogens (tertiary/aromatic N) is 4. The van der Waals surface area contributed by atoms with Gasteiger partial charge in [-0.25, -0.2) is 14.2 Å². The van der Waals surface area contributed by atoms with Gasteiger partial charge in [0, 0.05) is 49.2 Å². The van der Waals surface area contributed by atoms with Crippen molar-refractivity contribution >= 4 is 22.3 Å². The van der Waals surface area contributed by atoms with E-state index in [0.717, 1.165) is 62.1 Å². The predicted molar refractivity (Wildman–Crippen MR) is 123 cm³/mol. The zero-order valence-electron chi connectivity index (χ0n) is 18.1. The zero-order chi connectivity index (χ0) is 21.8. The van der Waals surface area contributed by atoms with Gasteiger partial charge in [0.1, 0.15) is 5.58 Å². The van der Waals surface area contributed by atoms with Crippen LogP contribution in [0.2, 0.25) is 0 Å². The van der Waals surface area contributed by atoms with E-state index in [0.29, 0.717) is 22.8 Å². The lowest BCUT2D eigenvalue weighted by Crippen LogP contribution is -2.28. The highest BCUT2D eigenvalue weighted by Crippen LogP contribution is 2.40. The molecule has 0 radical (unpaired) electrons. The summed E-state index contributed by atoms with van der Waals surface area (Å²) in [5, 5.41) is 0.825. The molecule has 0 atom stereocenters. The third kappa shape index (κ3) is 3.46. The molecule has 3 aromatic heterocycles. The molecule has 1 aliphatic carbocycles. The Hall–Kier alpha value is -3.19. The van der Waals surface area contributed by atoms with E-state index >= 15 is 0 Å². The first-order valence-corrected chi connectivity index (χ1v) is 11.2.